The summed E-state index contributed by atoms with van der Waals surface area (Å²) in [5.74, 6) is -7.38. The number of hydrogen-bond donors (Lipinski definition) is 1. The van der Waals surface area contributed by atoms with E-state index in [2.05, 4.69) is 0 Å². The van der Waals surface area contributed by atoms with Crippen LogP contribution in [-0.4, -0.2) is 108 Å². The highest BCUT2D eigenvalue weighted by atomic mass is 16.6. The summed E-state index contributed by atoms with van der Waals surface area (Å²) in [6.45, 7) is 10.9. The van der Waals surface area contributed by atoms with Crippen molar-refractivity contribution in [3.63, 3.8) is 0 Å². The number of ether oxygens (including phenoxy) is 8. The third-order valence-corrected chi connectivity index (χ3v) is 11.6. The molecule has 0 spiro atoms. The van der Waals surface area contributed by atoms with Crippen LogP contribution >= 0.6 is 0 Å². The van der Waals surface area contributed by atoms with Crippen LogP contribution in [0.1, 0.15) is 85.5 Å². The van der Waals surface area contributed by atoms with E-state index in [0.717, 1.165) is 34.6 Å². The SMILES string of the molecule is CC(=O)OCC(=O)OC1C2=C(C)C(OC(C)=O)CC(O)(C(OC(=O)c3ccccc3)C3C4(OC(C)=O)COC4CC(OC(C)=O)C3(C)C1OC(C)=O)C2(C)C. The van der Waals surface area contributed by atoms with Crippen LogP contribution in [0.5, 0.6) is 0 Å². The summed E-state index contributed by atoms with van der Waals surface area (Å²) in [4.78, 5) is 91.5. The highest BCUT2D eigenvalue weighted by molar-refractivity contribution is 5.89. The van der Waals surface area contributed by atoms with Crippen molar-refractivity contribution in [2.45, 2.75) is 123 Å². The summed E-state index contributed by atoms with van der Waals surface area (Å²) in [5.41, 5.74) is -6.98. The first-order valence-electron chi connectivity index (χ1n) is 17.9. The van der Waals surface area contributed by atoms with E-state index >= 15 is 0 Å². The monoisotopic (exact) mass is 772 g/mol. The predicted octanol–water partition coefficient (Wildman–Crippen LogP) is 2.70. The molecule has 16 heteroatoms. The van der Waals surface area contributed by atoms with Crippen molar-refractivity contribution in [3.05, 3.63) is 47.0 Å². The summed E-state index contributed by atoms with van der Waals surface area (Å²) < 4.78 is 47.6. The molecule has 55 heavy (non-hydrogen) atoms. The maximum Gasteiger partial charge on any atom is 0.345 e. The van der Waals surface area contributed by atoms with Crippen LogP contribution < -0.4 is 0 Å². The van der Waals surface area contributed by atoms with Crippen molar-refractivity contribution in [2.75, 3.05) is 13.2 Å². The van der Waals surface area contributed by atoms with Gasteiger partial charge < -0.3 is 43.0 Å². The Labute approximate surface area is 318 Å². The second-order valence-electron chi connectivity index (χ2n) is 15.4. The molecule has 1 saturated heterocycles. The normalized spacial score (nSPS) is 34.4. The molecule has 300 valence electrons. The molecule has 2 saturated carbocycles. The van der Waals surface area contributed by atoms with Crippen molar-refractivity contribution in [2.24, 2.45) is 16.7 Å². The molecule has 16 nitrogen and oxygen atoms in total. The van der Waals surface area contributed by atoms with Gasteiger partial charge in [-0.15, -0.1) is 0 Å². The molecule has 1 aromatic rings. The molecular formula is C39H48O16. The lowest BCUT2D eigenvalue weighted by Crippen LogP contribution is -2.83. The number of rotatable bonds is 9. The molecule has 1 aromatic carbocycles. The molecule has 10 atom stereocenters. The minimum atomic E-state index is -2.29. The molecule has 1 N–H and O–H groups in total. The summed E-state index contributed by atoms with van der Waals surface area (Å²) in [5, 5.41) is 13.6. The molecule has 10 unspecified atom stereocenters. The van der Waals surface area contributed by atoms with Gasteiger partial charge in [-0.2, -0.15) is 0 Å². The lowest BCUT2D eigenvalue weighted by Gasteiger charge is -2.69. The van der Waals surface area contributed by atoms with Gasteiger partial charge in [-0.3, -0.25) is 24.0 Å². The van der Waals surface area contributed by atoms with Gasteiger partial charge in [0, 0.05) is 52.9 Å². The van der Waals surface area contributed by atoms with Crippen LogP contribution in [0.3, 0.4) is 0 Å². The number of hydrogen-bond acceptors (Lipinski definition) is 16. The summed E-state index contributed by atoms with van der Waals surface area (Å²) in [6, 6.07) is 7.90. The zero-order valence-electron chi connectivity index (χ0n) is 32.3. The van der Waals surface area contributed by atoms with Crippen LogP contribution in [0.15, 0.2) is 41.5 Å². The first-order valence-corrected chi connectivity index (χ1v) is 17.9. The molecule has 1 heterocycles. The van der Waals surface area contributed by atoms with Crippen molar-refractivity contribution in [1.29, 1.82) is 0 Å². The van der Waals surface area contributed by atoms with Crippen LogP contribution in [0, 0.1) is 16.7 Å². The van der Waals surface area contributed by atoms with Gasteiger partial charge in [-0.25, -0.2) is 9.59 Å². The quantitative estimate of drug-likeness (QED) is 0.217. The van der Waals surface area contributed by atoms with Crippen LogP contribution in [0.4, 0.5) is 0 Å². The first kappa shape index (κ1) is 41.3. The van der Waals surface area contributed by atoms with E-state index in [1.54, 1.807) is 45.9 Å². The van der Waals surface area contributed by atoms with Gasteiger partial charge in [0.15, 0.2) is 24.4 Å². The first-order chi connectivity index (χ1) is 25.6. The minimum Gasteiger partial charge on any atom is -0.462 e. The Morgan fingerprint density at radius 3 is 1.93 bits per heavy atom. The Balaban J connectivity index is 1.94. The molecule has 0 aromatic heterocycles. The minimum absolute atomic E-state index is 0.0936. The van der Waals surface area contributed by atoms with Crippen LogP contribution in [0.2, 0.25) is 0 Å². The maximum atomic E-state index is 14.3. The van der Waals surface area contributed by atoms with Crippen molar-refractivity contribution >= 4 is 41.8 Å². The standard InChI is InChI=1S/C39H48O16/c1-19-26(50-21(3)41)16-39(47)34(54-35(46)25-13-11-10-12-14-25)32-37(9,27(51-22(4)42)15-28-38(32,18-49-28)55-24(6)44)33(52-23(5)43)31(30(19)36(39,7)8)53-29(45)17-48-20(2)40/h10-14,26-28,31-34,47H,15-18H2,1-9H3. The average molecular weight is 773 g/mol. The maximum absolute atomic E-state index is 14.3. The van der Waals surface area contributed by atoms with E-state index < -0.39 is 113 Å². The molecule has 2 bridgehead atoms. The van der Waals surface area contributed by atoms with Crippen LogP contribution in [0.25, 0.3) is 0 Å². The predicted molar refractivity (Wildman–Crippen MR) is 185 cm³/mol. The largest absolute Gasteiger partial charge is 0.462 e. The molecule has 3 fully saturated rings. The molecular weight excluding hydrogens is 724 g/mol. The third kappa shape index (κ3) is 7.21. The van der Waals surface area contributed by atoms with Crippen molar-refractivity contribution < 1.29 is 76.6 Å². The fraction of sp³-hybridized carbons (Fsp3) is 0.615. The van der Waals surface area contributed by atoms with E-state index in [0.29, 0.717) is 5.57 Å². The lowest BCUT2D eigenvalue weighted by atomic mass is 9.44. The van der Waals surface area contributed by atoms with Gasteiger partial charge >= 0.3 is 41.8 Å². The molecule has 3 aliphatic carbocycles. The fourth-order valence-corrected chi connectivity index (χ4v) is 9.32. The molecule has 0 radical (unpaired) electrons. The van der Waals surface area contributed by atoms with Crippen molar-refractivity contribution in [3.8, 4) is 0 Å². The number of esters is 7. The summed E-state index contributed by atoms with van der Waals surface area (Å²) in [6.07, 6.45) is -9.13. The number of aliphatic hydroxyl groups is 1. The van der Waals surface area contributed by atoms with Crippen molar-refractivity contribution in [1.82, 2.24) is 0 Å². The number of carbonyl (C=O) groups is 7. The molecule has 1 aliphatic heterocycles. The van der Waals surface area contributed by atoms with Gasteiger partial charge in [-0.05, 0) is 30.2 Å². The summed E-state index contributed by atoms with van der Waals surface area (Å²) in [7, 11) is 0. The Morgan fingerprint density at radius 1 is 0.782 bits per heavy atom. The van der Waals surface area contributed by atoms with E-state index in [-0.39, 0.29) is 30.6 Å². The Morgan fingerprint density at radius 2 is 1.40 bits per heavy atom. The highest BCUT2D eigenvalue weighted by Crippen LogP contribution is 2.66. The Hall–Kier alpha value is -4.83. The van der Waals surface area contributed by atoms with E-state index in [1.165, 1.54) is 12.1 Å². The van der Waals surface area contributed by atoms with Gasteiger partial charge in [0.2, 0.25) is 0 Å². The topological polar surface area (TPSA) is 214 Å². The zero-order chi connectivity index (χ0) is 40.8. The zero-order valence-corrected chi connectivity index (χ0v) is 32.3. The van der Waals surface area contributed by atoms with Gasteiger partial charge in [0.25, 0.3) is 0 Å². The number of benzene rings is 1. The average Bonchev–Trinajstić information content (AvgIpc) is 3.07. The van der Waals surface area contributed by atoms with E-state index in [9.17, 15) is 38.7 Å². The number of fused-ring (bicyclic) bond motifs is 5. The second kappa shape index (κ2) is 15.0. The van der Waals surface area contributed by atoms with Gasteiger partial charge in [0.1, 0.15) is 30.0 Å². The Kier molecular flexibility index (Phi) is 11.3. The van der Waals surface area contributed by atoms with E-state index in [4.69, 9.17) is 37.9 Å². The molecule has 4 aliphatic rings. The highest BCUT2D eigenvalue weighted by Gasteiger charge is 2.79. The van der Waals surface area contributed by atoms with Gasteiger partial charge in [0.05, 0.1) is 23.5 Å². The van der Waals surface area contributed by atoms with Crippen LogP contribution in [-0.2, 0) is 66.7 Å². The van der Waals surface area contributed by atoms with Gasteiger partial charge in [-0.1, -0.05) is 39.0 Å². The Bertz CT molecular complexity index is 1780. The number of carbonyl (C=O) groups excluding carboxylic acids is 7. The molecule has 5 rings (SSSR count). The third-order valence-electron chi connectivity index (χ3n) is 11.6. The summed E-state index contributed by atoms with van der Waals surface area (Å²) >= 11 is 0. The van der Waals surface area contributed by atoms with E-state index in [1.807, 2.05) is 0 Å². The second-order valence-corrected chi connectivity index (χ2v) is 15.4. The lowest BCUT2D eigenvalue weighted by molar-refractivity contribution is -0.365. The fourth-order valence-electron chi connectivity index (χ4n) is 9.32. The smallest absolute Gasteiger partial charge is 0.345 e. The molecule has 0 amide bonds.